The van der Waals surface area contributed by atoms with Crippen molar-refractivity contribution in [1.29, 1.82) is 0 Å². The monoisotopic (exact) mass is 341 g/mol. The molecule has 0 amide bonds. The molecule has 0 aliphatic heterocycles. The van der Waals surface area contributed by atoms with Gasteiger partial charge >= 0.3 is 0 Å². The number of aromatic hydroxyl groups is 1. The summed E-state index contributed by atoms with van der Waals surface area (Å²) < 4.78 is 24.7. The minimum absolute atomic E-state index is 0.000164. The summed E-state index contributed by atoms with van der Waals surface area (Å²) in [5, 5.41) is 12.6. The zero-order chi connectivity index (χ0) is 17.4. The van der Waals surface area contributed by atoms with Gasteiger partial charge in [0.2, 0.25) is 5.88 Å². The van der Waals surface area contributed by atoms with Gasteiger partial charge < -0.3 is 14.4 Å². The zero-order valence-corrected chi connectivity index (χ0v) is 13.5. The van der Waals surface area contributed by atoms with Crippen molar-refractivity contribution in [2.24, 2.45) is 0 Å². The molecule has 128 valence electrons. The van der Waals surface area contributed by atoms with E-state index in [0.29, 0.717) is 17.3 Å². The molecule has 1 fully saturated rings. The van der Waals surface area contributed by atoms with E-state index < -0.39 is 0 Å². The number of halogens is 1. The quantitative estimate of drug-likeness (QED) is 0.781. The van der Waals surface area contributed by atoms with Gasteiger partial charge in [0, 0.05) is 0 Å². The van der Waals surface area contributed by atoms with Crippen LogP contribution in [0.5, 0.6) is 11.8 Å². The second-order valence-electron chi connectivity index (χ2n) is 6.22. The molecule has 2 aromatic heterocycles. The minimum atomic E-state index is -0.207. The lowest BCUT2D eigenvalue weighted by atomic mass is 9.77. The van der Waals surface area contributed by atoms with Gasteiger partial charge in [0.15, 0.2) is 5.76 Å². The largest absolute Gasteiger partial charge is 0.491 e. The van der Waals surface area contributed by atoms with Gasteiger partial charge in [0.1, 0.15) is 17.6 Å². The summed E-state index contributed by atoms with van der Waals surface area (Å²) in [7, 11) is 0. The number of benzene rings is 1. The van der Waals surface area contributed by atoms with Crippen LogP contribution >= 0.6 is 0 Å². The molecule has 1 aliphatic carbocycles. The van der Waals surface area contributed by atoms with Gasteiger partial charge in [0.05, 0.1) is 18.5 Å². The van der Waals surface area contributed by atoms with Gasteiger partial charge in [-0.05, 0) is 48.0 Å². The summed E-state index contributed by atoms with van der Waals surface area (Å²) in [5.74, 6) is 0.550. The molecule has 1 saturated carbocycles. The Bertz CT molecular complexity index is 889. The number of aryl methyl sites for hydroxylation is 1. The van der Waals surface area contributed by atoms with Crippen molar-refractivity contribution >= 4 is 0 Å². The Morgan fingerprint density at radius 3 is 2.68 bits per heavy atom. The predicted molar refractivity (Wildman–Crippen MR) is 86.7 cm³/mol. The van der Waals surface area contributed by atoms with E-state index in [4.69, 9.17) is 9.26 Å². The molecule has 25 heavy (non-hydrogen) atoms. The molecule has 0 atom stereocenters. The van der Waals surface area contributed by atoms with Crippen molar-refractivity contribution in [3.63, 3.8) is 0 Å². The van der Waals surface area contributed by atoms with Crippen LogP contribution in [-0.4, -0.2) is 26.3 Å². The Morgan fingerprint density at radius 2 is 2.04 bits per heavy atom. The van der Waals surface area contributed by atoms with Crippen LogP contribution in [0.3, 0.4) is 0 Å². The SMILES string of the molecule is Cc1ccc([C@H]2C[C@H](Oc3cnc(-c4cc(O)no4)cn3)C2)c(F)c1. The number of hydrogen-bond acceptors (Lipinski definition) is 6. The summed E-state index contributed by atoms with van der Waals surface area (Å²) in [6.07, 6.45) is 4.48. The maximum Gasteiger partial charge on any atom is 0.252 e. The molecule has 1 N–H and O–H groups in total. The van der Waals surface area contributed by atoms with E-state index in [1.165, 1.54) is 18.5 Å². The van der Waals surface area contributed by atoms with Gasteiger partial charge in [0.25, 0.3) is 5.88 Å². The number of ether oxygens (including phenoxy) is 1. The van der Waals surface area contributed by atoms with E-state index in [0.717, 1.165) is 24.0 Å². The Morgan fingerprint density at radius 1 is 1.20 bits per heavy atom. The fourth-order valence-electron chi connectivity index (χ4n) is 2.94. The highest BCUT2D eigenvalue weighted by Gasteiger charge is 2.34. The second kappa shape index (κ2) is 6.16. The Kier molecular flexibility index (Phi) is 3.83. The van der Waals surface area contributed by atoms with Crippen LogP contribution in [0.4, 0.5) is 4.39 Å². The first-order valence-electron chi connectivity index (χ1n) is 7.99. The van der Waals surface area contributed by atoms with Crippen molar-refractivity contribution in [3.05, 3.63) is 53.6 Å². The maximum absolute atomic E-state index is 14.0. The number of rotatable bonds is 4. The molecule has 0 unspecified atom stereocenters. The van der Waals surface area contributed by atoms with Crippen molar-refractivity contribution in [3.8, 4) is 23.2 Å². The van der Waals surface area contributed by atoms with Crippen molar-refractivity contribution in [1.82, 2.24) is 15.1 Å². The van der Waals surface area contributed by atoms with Gasteiger partial charge in [-0.3, -0.25) is 0 Å². The smallest absolute Gasteiger partial charge is 0.252 e. The summed E-state index contributed by atoms with van der Waals surface area (Å²) in [4.78, 5) is 8.37. The molecule has 1 aliphatic rings. The molecule has 1 aromatic carbocycles. The summed E-state index contributed by atoms with van der Waals surface area (Å²) >= 11 is 0. The highest BCUT2D eigenvalue weighted by Crippen LogP contribution is 2.40. The number of nitrogens with zero attached hydrogens (tertiary/aromatic N) is 3. The normalized spacial score (nSPS) is 19.4. The molecule has 0 radical (unpaired) electrons. The molecular weight excluding hydrogens is 325 g/mol. The topological polar surface area (TPSA) is 81.3 Å². The van der Waals surface area contributed by atoms with Crippen LogP contribution in [0.25, 0.3) is 11.5 Å². The average Bonchev–Trinajstić information content (AvgIpc) is 2.99. The van der Waals surface area contributed by atoms with E-state index in [2.05, 4.69) is 15.1 Å². The van der Waals surface area contributed by atoms with E-state index in [-0.39, 0.29) is 23.7 Å². The van der Waals surface area contributed by atoms with Gasteiger partial charge in [-0.25, -0.2) is 14.4 Å². The van der Waals surface area contributed by atoms with Crippen LogP contribution in [-0.2, 0) is 0 Å². The van der Waals surface area contributed by atoms with E-state index >= 15 is 0 Å². The second-order valence-corrected chi connectivity index (χ2v) is 6.22. The lowest BCUT2D eigenvalue weighted by Gasteiger charge is -2.35. The molecule has 2 heterocycles. The van der Waals surface area contributed by atoms with Crippen LogP contribution in [0.1, 0.15) is 29.9 Å². The molecular formula is C18H16FN3O3. The lowest BCUT2D eigenvalue weighted by molar-refractivity contribution is 0.0918. The molecule has 0 bridgehead atoms. The summed E-state index contributed by atoms with van der Waals surface area (Å²) in [6.45, 7) is 1.88. The van der Waals surface area contributed by atoms with Crippen LogP contribution in [0, 0.1) is 12.7 Å². The van der Waals surface area contributed by atoms with Crippen LogP contribution < -0.4 is 4.74 Å². The Labute approximate surface area is 143 Å². The minimum Gasteiger partial charge on any atom is -0.491 e. The Hall–Kier alpha value is -2.96. The van der Waals surface area contributed by atoms with Crippen LogP contribution in [0.2, 0.25) is 0 Å². The van der Waals surface area contributed by atoms with Crippen molar-refractivity contribution in [2.75, 3.05) is 0 Å². The third-order valence-electron chi connectivity index (χ3n) is 4.36. The predicted octanol–water partition coefficient (Wildman–Crippen LogP) is 3.61. The highest BCUT2D eigenvalue weighted by atomic mass is 19.1. The fourth-order valence-corrected chi connectivity index (χ4v) is 2.94. The van der Waals surface area contributed by atoms with Gasteiger partial charge in [-0.2, -0.15) is 0 Å². The van der Waals surface area contributed by atoms with Gasteiger partial charge in [-0.15, -0.1) is 0 Å². The molecule has 0 spiro atoms. The third-order valence-corrected chi connectivity index (χ3v) is 4.36. The first-order chi connectivity index (χ1) is 12.1. The molecule has 0 saturated heterocycles. The van der Waals surface area contributed by atoms with Crippen molar-refractivity contribution < 1.29 is 18.8 Å². The van der Waals surface area contributed by atoms with Crippen LogP contribution in [0.15, 0.2) is 41.2 Å². The first-order valence-corrected chi connectivity index (χ1v) is 7.99. The lowest BCUT2D eigenvalue weighted by Crippen LogP contribution is -2.33. The average molecular weight is 341 g/mol. The highest BCUT2D eigenvalue weighted by molar-refractivity contribution is 5.51. The third kappa shape index (κ3) is 3.17. The molecule has 7 heteroatoms. The standard InChI is InChI=1S/C18H16FN3O3/c1-10-2-3-13(14(19)4-10)11-5-12(6-11)24-18-9-20-15(8-21-18)16-7-17(23)22-25-16/h2-4,7-9,11-12H,5-6H2,1H3,(H,22,23)/t11-,12-. The Balaban J connectivity index is 1.36. The maximum atomic E-state index is 14.0. The fraction of sp³-hybridized carbons (Fsp3) is 0.278. The molecule has 6 nitrogen and oxygen atoms in total. The summed E-state index contributed by atoms with van der Waals surface area (Å²) in [6, 6.07) is 6.71. The van der Waals surface area contributed by atoms with E-state index in [1.54, 1.807) is 6.07 Å². The van der Waals surface area contributed by atoms with Crippen molar-refractivity contribution in [2.45, 2.75) is 31.8 Å². The number of aromatic nitrogens is 3. The zero-order valence-electron chi connectivity index (χ0n) is 13.5. The van der Waals surface area contributed by atoms with Gasteiger partial charge in [-0.1, -0.05) is 12.1 Å². The number of hydrogen-bond donors (Lipinski definition) is 1. The first kappa shape index (κ1) is 15.6. The van der Waals surface area contributed by atoms with E-state index in [9.17, 15) is 9.50 Å². The molecule has 4 rings (SSSR count). The van der Waals surface area contributed by atoms with E-state index in [1.807, 2.05) is 19.1 Å². The summed E-state index contributed by atoms with van der Waals surface area (Å²) in [5.41, 5.74) is 2.12. The molecule has 3 aromatic rings.